The highest BCUT2D eigenvalue weighted by atomic mass is 79.9. The van der Waals surface area contributed by atoms with Gasteiger partial charge in [0.2, 0.25) is 0 Å². The van der Waals surface area contributed by atoms with Crippen LogP contribution in [-0.4, -0.2) is 27.1 Å². The van der Waals surface area contributed by atoms with E-state index >= 15 is 0 Å². The minimum Gasteiger partial charge on any atom is -0.348 e. The van der Waals surface area contributed by atoms with Crippen molar-refractivity contribution in [3.63, 3.8) is 0 Å². The van der Waals surface area contributed by atoms with Gasteiger partial charge in [-0.05, 0) is 65.2 Å². The van der Waals surface area contributed by atoms with Gasteiger partial charge in [-0.1, -0.05) is 18.2 Å². The second kappa shape index (κ2) is 6.51. The van der Waals surface area contributed by atoms with Crippen molar-refractivity contribution in [3.8, 4) is 0 Å². The van der Waals surface area contributed by atoms with Gasteiger partial charge in [-0.15, -0.1) is 0 Å². The van der Waals surface area contributed by atoms with Crippen LogP contribution in [0.4, 0.5) is 0 Å². The van der Waals surface area contributed by atoms with Gasteiger partial charge in [-0.2, -0.15) is 5.10 Å². The molecule has 6 nitrogen and oxygen atoms in total. The van der Waals surface area contributed by atoms with E-state index in [2.05, 4.69) is 36.4 Å². The molecule has 2 saturated carbocycles. The fraction of sp³-hybridized carbons (Fsp3) is 0.333. The highest BCUT2D eigenvalue weighted by Crippen LogP contribution is 2.62. The molecule has 2 fully saturated rings. The topological polar surface area (TPSA) is 87.7 Å². The predicted octanol–water partition coefficient (Wildman–Crippen LogP) is 3.54. The third kappa shape index (κ3) is 2.94. The average molecular weight is 439 g/mol. The molecule has 1 spiro atoms. The summed E-state index contributed by atoms with van der Waals surface area (Å²) < 4.78 is 0.857. The van der Waals surface area contributed by atoms with Crippen LogP contribution in [0.1, 0.15) is 47.8 Å². The Kier molecular flexibility index (Phi) is 4.08. The molecule has 0 bridgehead atoms. The summed E-state index contributed by atoms with van der Waals surface area (Å²) in [6.45, 7) is 0. The van der Waals surface area contributed by atoms with E-state index < -0.39 is 0 Å². The van der Waals surface area contributed by atoms with Gasteiger partial charge in [0.15, 0.2) is 0 Å². The summed E-state index contributed by atoms with van der Waals surface area (Å²) in [6, 6.07) is 11.4. The Morgan fingerprint density at radius 3 is 2.57 bits per heavy atom. The zero-order chi connectivity index (χ0) is 19.3. The first-order valence-electron chi connectivity index (χ1n) is 9.43. The van der Waals surface area contributed by atoms with Crippen molar-refractivity contribution in [2.75, 3.05) is 0 Å². The number of hydrogen-bond donors (Lipinski definition) is 2. The molecule has 1 aromatic carbocycles. The van der Waals surface area contributed by atoms with Gasteiger partial charge >= 0.3 is 0 Å². The lowest BCUT2D eigenvalue weighted by Crippen LogP contribution is -2.55. The summed E-state index contributed by atoms with van der Waals surface area (Å²) in [7, 11) is 0. The molecular formula is C21H19BrN4O2. The summed E-state index contributed by atoms with van der Waals surface area (Å²) in [5.41, 5.74) is 1.60. The van der Waals surface area contributed by atoms with Crippen LogP contribution >= 0.6 is 15.9 Å². The number of nitrogens with one attached hydrogen (secondary N) is 2. The van der Waals surface area contributed by atoms with Gasteiger partial charge < -0.3 is 5.32 Å². The van der Waals surface area contributed by atoms with Gasteiger partial charge in [-0.3, -0.25) is 9.59 Å². The summed E-state index contributed by atoms with van der Waals surface area (Å²) >= 11 is 3.33. The zero-order valence-electron chi connectivity index (χ0n) is 15.1. The number of nitrogens with zero attached hydrogens (tertiary/aromatic N) is 2. The van der Waals surface area contributed by atoms with Crippen molar-refractivity contribution in [1.82, 2.24) is 20.5 Å². The average Bonchev–Trinajstić information content (AvgIpc) is 2.64. The quantitative estimate of drug-likeness (QED) is 0.654. The molecule has 0 unspecified atom stereocenters. The first-order chi connectivity index (χ1) is 13.5. The number of aromatic amines is 1. The second-order valence-corrected chi connectivity index (χ2v) is 8.94. The normalized spacial score (nSPS) is 25.9. The lowest BCUT2D eigenvalue weighted by atomic mass is 9.49. The number of fused-ring (bicyclic) bond motifs is 1. The summed E-state index contributed by atoms with van der Waals surface area (Å²) in [5, 5.41) is 11.7. The Bertz CT molecular complexity index is 1110. The number of pyridine rings is 1. The fourth-order valence-electron chi connectivity index (χ4n) is 4.82. The Balaban J connectivity index is 1.22. The maximum absolute atomic E-state index is 12.3. The van der Waals surface area contributed by atoms with E-state index in [1.807, 2.05) is 30.3 Å². The lowest BCUT2D eigenvalue weighted by molar-refractivity contribution is -0.0197. The number of halogens is 1. The number of benzene rings is 1. The second-order valence-electron chi connectivity index (χ2n) is 8.03. The van der Waals surface area contributed by atoms with Crippen LogP contribution in [-0.2, 0) is 0 Å². The van der Waals surface area contributed by atoms with Crippen LogP contribution in [0.3, 0.4) is 0 Å². The Morgan fingerprint density at radius 1 is 1.11 bits per heavy atom. The van der Waals surface area contributed by atoms with Crippen molar-refractivity contribution in [2.45, 2.75) is 37.6 Å². The van der Waals surface area contributed by atoms with Crippen molar-refractivity contribution >= 4 is 32.6 Å². The molecule has 28 heavy (non-hydrogen) atoms. The number of carbonyl (C=O) groups is 1. The van der Waals surface area contributed by atoms with Crippen LogP contribution in [0.15, 0.2) is 51.9 Å². The van der Waals surface area contributed by atoms with Crippen LogP contribution in [0.25, 0.3) is 10.8 Å². The molecule has 2 aromatic heterocycles. The molecule has 3 aromatic rings. The summed E-state index contributed by atoms with van der Waals surface area (Å²) in [5.74, 6) is 0.253. The van der Waals surface area contributed by atoms with Crippen LogP contribution < -0.4 is 10.9 Å². The van der Waals surface area contributed by atoms with E-state index in [0.717, 1.165) is 41.2 Å². The van der Waals surface area contributed by atoms with Crippen LogP contribution in [0.5, 0.6) is 0 Å². The van der Waals surface area contributed by atoms with Gasteiger partial charge in [0, 0.05) is 28.0 Å². The smallest absolute Gasteiger partial charge is 0.272 e. The van der Waals surface area contributed by atoms with Crippen LogP contribution in [0.2, 0.25) is 0 Å². The maximum Gasteiger partial charge on any atom is 0.272 e. The Morgan fingerprint density at radius 2 is 1.86 bits per heavy atom. The highest BCUT2D eigenvalue weighted by Gasteiger charge is 2.54. The molecule has 0 radical (unpaired) electrons. The van der Waals surface area contributed by atoms with Gasteiger partial charge in [-0.25, -0.2) is 10.1 Å². The largest absolute Gasteiger partial charge is 0.348 e. The van der Waals surface area contributed by atoms with Crippen LogP contribution in [0, 0.1) is 5.41 Å². The van der Waals surface area contributed by atoms with E-state index in [4.69, 9.17) is 0 Å². The van der Waals surface area contributed by atoms with Crippen molar-refractivity contribution in [3.05, 3.63) is 68.8 Å². The van der Waals surface area contributed by atoms with Gasteiger partial charge in [0.1, 0.15) is 5.69 Å². The van der Waals surface area contributed by atoms with Gasteiger partial charge in [0.25, 0.3) is 11.5 Å². The van der Waals surface area contributed by atoms with E-state index in [0.29, 0.717) is 22.4 Å². The lowest BCUT2D eigenvalue weighted by Gasteiger charge is -2.57. The molecule has 0 aliphatic heterocycles. The Labute approximate surface area is 169 Å². The van der Waals surface area contributed by atoms with E-state index in [1.54, 1.807) is 12.3 Å². The SMILES string of the molecule is O=C(N[C@H]1CC2(C1)C[C@H](c1n[nH]c(=O)c3ccccc31)C2)c1ccc(Br)cn1. The minimum absolute atomic E-state index is 0.114. The van der Waals surface area contributed by atoms with E-state index in [-0.39, 0.29) is 17.5 Å². The Hall–Kier alpha value is -2.54. The number of H-pyrrole nitrogens is 1. The third-order valence-corrected chi connectivity index (χ3v) is 6.59. The molecule has 2 heterocycles. The maximum atomic E-state index is 12.3. The molecule has 142 valence electrons. The summed E-state index contributed by atoms with van der Waals surface area (Å²) in [6.07, 6.45) is 5.73. The van der Waals surface area contributed by atoms with Crippen molar-refractivity contribution in [1.29, 1.82) is 0 Å². The molecule has 0 saturated heterocycles. The molecule has 0 atom stereocenters. The van der Waals surface area contributed by atoms with Crippen molar-refractivity contribution < 1.29 is 4.79 Å². The van der Waals surface area contributed by atoms with Crippen molar-refractivity contribution in [2.24, 2.45) is 5.41 Å². The zero-order valence-corrected chi connectivity index (χ0v) is 16.7. The third-order valence-electron chi connectivity index (χ3n) is 6.13. The molecule has 5 rings (SSSR count). The molecule has 1 amide bonds. The first-order valence-corrected chi connectivity index (χ1v) is 10.2. The standard InChI is InChI=1S/C21H19BrN4O2/c22-13-5-6-17(23-11-13)20(28)24-14-9-21(10-14)7-12(8-21)18-15-3-1-2-4-16(15)19(27)26-25-18/h1-6,11-12,14H,7-10H2,(H,24,28)(H,26,27)/t12-,14-,21?. The minimum atomic E-state index is -0.138. The molecule has 2 N–H and O–H groups in total. The molecule has 2 aliphatic rings. The first kappa shape index (κ1) is 17.6. The number of hydrogen-bond acceptors (Lipinski definition) is 4. The van der Waals surface area contributed by atoms with E-state index in [1.165, 1.54) is 0 Å². The highest BCUT2D eigenvalue weighted by molar-refractivity contribution is 9.10. The monoisotopic (exact) mass is 438 g/mol. The van der Waals surface area contributed by atoms with Gasteiger partial charge in [0.05, 0.1) is 11.1 Å². The molecule has 2 aliphatic carbocycles. The predicted molar refractivity (Wildman–Crippen MR) is 109 cm³/mol. The number of carbonyl (C=O) groups excluding carboxylic acids is 1. The summed E-state index contributed by atoms with van der Waals surface area (Å²) in [4.78, 5) is 28.4. The molecule has 7 heteroatoms. The van der Waals surface area contributed by atoms with E-state index in [9.17, 15) is 9.59 Å². The number of amides is 1. The number of aromatic nitrogens is 3. The molecular weight excluding hydrogens is 420 g/mol. The fourth-order valence-corrected chi connectivity index (χ4v) is 5.05. The number of rotatable bonds is 3.